The van der Waals surface area contributed by atoms with E-state index in [1.807, 2.05) is 18.2 Å². The molecular weight excluding hydrogens is 298 g/mol. The fourth-order valence-electron chi connectivity index (χ4n) is 2.30. The lowest BCUT2D eigenvalue weighted by Gasteiger charge is -2.24. The zero-order valence-electron chi connectivity index (χ0n) is 12.8. The first-order valence-electron chi connectivity index (χ1n) is 7.27. The van der Waals surface area contributed by atoms with Gasteiger partial charge in [0.1, 0.15) is 22.5 Å². The van der Waals surface area contributed by atoms with Crippen molar-refractivity contribution in [2.75, 3.05) is 0 Å². The number of phenols is 1. The molecule has 5 heteroatoms. The molecule has 3 aromatic rings. The Morgan fingerprint density at radius 1 is 1.09 bits per heavy atom. The number of rotatable bonds is 3. The van der Waals surface area contributed by atoms with Crippen molar-refractivity contribution in [2.45, 2.75) is 32.6 Å². The van der Waals surface area contributed by atoms with Crippen LogP contribution in [-0.2, 0) is 5.41 Å². The van der Waals surface area contributed by atoms with Crippen molar-refractivity contribution in [2.24, 2.45) is 0 Å². The molecule has 0 aliphatic rings. The van der Waals surface area contributed by atoms with Gasteiger partial charge < -0.3 is 5.11 Å². The van der Waals surface area contributed by atoms with Gasteiger partial charge >= 0.3 is 0 Å². The first-order chi connectivity index (χ1) is 10.4. The number of hydrogen-bond acceptors (Lipinski definition) is 3. The lowest BCUT2D eigenvalue weighted by molar-refractivity contribution is 0.463. The van der Waals surface area contributed by atoms with Crippen molar-refractivity contribution in [3.05, 3.63) is 47.0 Å². The Hall–Kier alpha value is -2.07. The molecule has 0 atom stereocenters. The SMILES string of the molecule is CCC(C)(C)c1ccc(O)c(-n2nc3ccc(Cl)cc3n2)c1. The molecule has 2 aromatic carbocycles. The maximum absolute atomic E-state index is 10.2. The minimum absolute atomic E-state index is 0.0261. The largest absolute Gasteiger partial charge is 0.506 e. The normalized spacial score (nSPS) is 12.0. The fraction of sp³-hybridized carbons (Fsp3) is 0.294. The van der Waals surface area contributed by atoms with Crippen LogP contribution in [0.25, 0.3) is 16.7 Å². The van der Waals surface area contributed by atoms with E-state index >= 15 is 0 Å². The van der Waals surface area contributed by atoms with Crippen LogP contribution in [-0.4, -0.2) is 20.1 Å². The Balaban J connectivity index is 2.15. The smallest absolute Gasteiger partial charge is 0.143 e. The van der Waals surface area contributed by atoms with Gasteiger partial charge in [-0.15, -0.1) is 15.0 Å². The molecule has 0 fully saturated rings. The highest BCUT2D eigenvalue weighted by molar-refractivity contribution is 6.31. The highest BCUT2D eigenvalue weighted by Crippen LogP contribution is 2.32. The van der Waals surface area contributed by atoms with E-state index in [1.165, 1.54) is 4.80 Å². The second-order valence-electron chi connectivity index (χ2n) is 6.06. The van der Waals surface area contributed by atoms with E-state index in [0.29, 0.717) is 16.2 Å². The van der Waals surface area contributed by atoms with E-state index in [2.05, 4.69) is 31.0 Å². The monoisotopic (exact) mass is 315 g/mol. The molecule has 0 saturated heterocycles. The summed E-state index contributed by atoms with van der Waals surface area (Å²) in [6.07, 6.45) is 1.00. The average Bonchev–Trinajstić information content (AvgIpc) is 2.90. The zero-order chi connectivity index (χ0) is 15.9. The van der Waals surface area contributed by atoms with Crippen LogP contribution in [0.2, 0.25) is 5.02 Å². The van der Waals surface area contributed by atoms with Gasteiger partial charge in [0.05, 0.1) is 0 Å². The highest BCUT2D eigenvalue weighted by Gasteiger charge is 2.20. The van der Waals surface area contributed by atoms with Crippen molar-refractivity contribution in [3.8, 4) is 11.4 Å². The number of halogens is 1. The Morgan fingerprint density at radius 2 is 1.82 bits per heavy atom. The fourth-order valence-corrected chi connectivity index (χ4v) is 2.47. The van der Waals surface area contributed by atoms with Gasteiger partial charge in [0.25, 0.3) is 0 Å². The van der Waals surface area contributed by atoms with Crippen LogP contribution in [0.3, 0.4) is 0 Å². The van der Waals surface area contributed by atoms with Crippen LogP contribution in [0.15, 0.2) is 36.4 Å². The van der Waals surface area contributed by atoms with Gasteiger partial charge in [0, 0.05) is 5.02 Å². The van der Waals surface area contributed by atoms with Crippen LogP contribution in [0.1, 0.15) is 32.8 Å². The molecule has 0 aliphatic carbocycles. The third kappa shape index (κ3) is 2.55. The summed E-state index contributed by atoms with van der Waals surface area (Å²) in [6, 6.07) is 10.9. The minimum atomic E-state index is 0.0261. The molecule has 0 unspecified atom stereocenters. The number of aromatic nitrogens is 3. The molecule has 1 N–H and O–H groups in total. The van der Waals surface area contributed by atoms with Gasteiger partial charge in [0.2, 0.25) is 0 Å². The van der Waals surface area contributed by atoms with E-state index < -0.39 is 0 Å². The Morgan fingerprint density at radius 3 is 2.55 bits per heavy atom. The highest BCUT2D eigenvalue weighted by atomic mass is 35.5. The van der Waals surface area contributed by atoms with Gasteiger partial charge in [-0.05, 0) is 47.7 Å². The number of fused-ring (bicyclic) bond motifs is 1. The molecule has 1 heterocycles. The van der Waals surface area contributed by atoms with Gasteiger partial charge in [0.15, 0.2) is 0 Å². The van der Waals surface area contributed by atoms with E-state index in [0.717, 1.165) is 17.5 Å². The summed E-state index contributed by atoms with van der Waals surface area (Å²) in [5, 5.41) is 19.6. The molecule has 0 aliphatic heterocycles. The second-order valence-corrected chi connectivity index (χ2v) is 6.50. The molecule has 0 bridgehead atoms. The summed E-state index contributed by atoms with van der Waals surface area (Å²) in [4.78, 5) is 1.46. The number of benzene rings is 2. The lowest BCUT2D eigenvalue weighted by Crippen LogP contribution is -2.16. The van der Waals surface area contributed by atoms with Crippen molar-refractivity contribution >= 4 is 22.6 Å². The summed E-state index contributed by atoms with van der Waals surface area (Å²) < 4.78 is 0. The number of hydrogen-bond donors (Lipinski definition) is 1. The molecular formula is C17H18ClN3O. The zero-order valence-corrected chi connectivity index (χ0v) is 13.6. The molecule has 0 spiro atoms. The van der Waals surface area contributed by atoms with Gasteiger partial charge in [-0.3, -0.25) is 0 Å². The van der Waals surface area contributed by atoms with E-state index in [-0.39, 0.29) is 11.2 Å². The number of nitrogens with zero attached hydrogens (tertiary/aromatic N) is 3. The number of phenolic OH excluding ortho intramolecular Hbond substituents is 1. The molecule has 4 nitrogen and oxygen atoms in total. The quantitative estimate of drug-likeness (QED) is 0.776. The first-order valence-corrected chi connectivity index (χ1v) is 7.65. The van der Waals surface area contributed by atoms with Crippen LogP contribution in [0.4, 0.5) is 0 Å². The van der Waals surface area contributed by atoms with Crippen LogP contribution in [0, 0.1) is 0 Å². The van der Waals surface area contributed by atoms with E-state index in [1.54, 1.807) is 18.2 Å². The molecule has 22 heavy (non-hydrogen) atoms. The average molecular weight is 316 g/mol. The summed E-state index contributed by atoms with van der Waals surface area (Å²) in [6.45, 7) is 6.50. The minimum Gasteiger partial charge on any atom is -0.506 e. The molecule has 0 saturated carbocycles. The van der Waals surface area contributed by atoms with Crippen molar-refractivity contribution in [1.29, 1.82) is 0 Å². The third-order valence-corrected chi connectivity index (χ3v) is 4.43. The summed E-state index contributed by atoms with van der Waals surface area (Å²) in [5.41, 5.74) is 3.18. The van der Waals surface area contributed by atoms with Crippen molar-refractivity contribution < 1.29 is 5.11 Å². The molecule has 1 aromatic heterocycles. The van der Waals surface area contributed by atoms with Crippen molar-refractivity contribution in [3.63, 3.8) is 0 Å². The predicted octanol–water partition coefficient (Wildman–Crippen LogP) is 4.47. The lowest BCUT2D eigenvalue weighted by atomic mass is 9.82. The summed E-state index contributed by atoms with van der Waals surface area (Å²) in [5.74, 6) is 0.155. The third-order valence-electron chi connectivity index (χ3n) is 4.20. The number of aromatic hydroxyl groups is 1. The first kappa shape index (κ1) is 14.9. The van der Waals surface area contributed by atoms with Crippen LogP contribution >= 0.6 is 11.6 Å². The van der Waals surface area contributed by atoms with Crippen LogP contribution in [0.5, 0.6) is 5.75 Å². The molecule has 3 rings (SSSR count). The van der Waals surface area contributed by atoms with Crippen molar-refractivity contribution in [1.82, 2.24) is 15.0 Å². The molecule has 0 radical (unpaired) electrons. The standard InChI is InChI=1S/C17H18ClN3O/c1-4-17(2,3)11-5-8-16(22)15(9-11)21-19-13-7-6-12(18)10-14(13)20-21/h5-10,22H,4H2,1-3H3. The van der Waals surface area contributed by atoms with Gasteiger partial charge in [-0.2, -0.15) is 0 Å². The summed E-state index contributed by atoms with van der Waals surface area (Å²) in [7, 11) is 0. The maximum Gasteiger partial charge on any atom is 0.143 e. The maximum atomic E-state index is 10.2. The van der Waals surface area contributed by atoms with Crippen LogP contribution < -0.4 is 0 Å². The Bertz CT molecular complexity index is 839. The Labute approximate surface area is 134 Å². The summed E-state index contributed by atoms with van der Waals surface area (Å²) >= 11 is 5.98. The predicted molar refractivity (Wildman–Crippen MR) is 88.9 cm³/mol. The molecule has 114 valence electrons. The topological polar surface area (TPSA) is 50.9 Å². The second kappa shape index (κ2) is 5.29. The van der Waals surface area contributed by atoms with Gasteiger partial charge in [-0.25, -0.2) is 0 Å². The van der Waals surface area contributed by atoms with Gasteiger partial charge in [-0.1, -0.05) is 38.4 Å². The Kier molecular flexibility index (Phi) is 3.57. The van der Waals surface area contributed by atoms with E-state index in [4.69, 9.17) is 11.6 Å². The molecule has 0 amide bonds. The van der Waals surface area contributed by atoms with E-state index in [9.17, 15) is 5.11 Å².